The number of hydrogen-bond donors (Lipinski definition) is 2. The zero-order valence-corrected chi connectivity index (χ0v) is 15.3. The number of carbonyl (C=O) groups is 2. The molecule has 2 heterocycles. The molecular formula is C20H21N3O2S. The number of hydrogen-bond acceptors (Lipinski definition) is 4. The van der Waals surface area contributed by atoms with E-state index in [9.17, 15) is 9.59 Å². The lowest BCUT2D eigenvalue weighted by Crippen LogP contribution is -2.26. The van der Waals surface area contributed by atoms with E-state index in [0.717, 1.165) is 29.2 Å². The quantitative estimate of drug-likeness (QED) is 0.871. The Labute approximate surface area is 157 Å². The Morgan fingerprint density at radius 1 is 1.15 bits per heavy atom. The van der Waals surface area contributed by atoms with E-state index in [1.807, 2.05) is 24.3 Å². The minimum Gasteiger partial charge on any atom is -0.371 e. The lowest BCUT2D eigenvalue weighted by molar-refractivity contribution is -0.113. The van der Waals surface area contributed by atoms with Crippen LogP contribution in [-0.4, -0.2) is 30.7 Å². The second kappa shape index (κ2) is 7.41. The number of fused-ring (bicyclic) bond motifs is 1. The van der Waals surface area contributed by atoms with Crippen molar-refractivity contribution in [1.82, 2.24) is 5.32 Å². The lowest BCUT2D eigenvalue weighted by Gasteiger charge is -2.21. The van der Waals surface area contributed by atoms with Gasteiger partial charge < -0.3 is 15.5 Å². The van der Waals surface area contributed by atoms with Crippen molar-refractivity contribution in [3.63, 3.8) is 0 Å². The molecule has 0 atom stereocenters. The summed E-state index contributed by atoms with van der Waals surface area (Å²) < 4.78 is 0. The molecule has 0 unspecified atom stereocenters. The van der Waals surface area contributed by atoms with Crippen LogP contribution >= 0.6 is 11.8 Å². The van der Waals surface area contributed by atoms with Crippen LogP contribution in [0.15, 0.2) is 47.4 Å². The molecule has 0 aliphatic carbocycles. The molecule has 0 aromatic heterocycles. The standard InChI is InChI=1S/C20H21N3O2S/c24-19-13-26-18-8-7-14(11-16(18)22-19)20(25)21-12-15-5-1-2-6-17(15)23-9-3-4-10-23/h1-2,5-8,11H,3-4,9-10,12-13H2,(H,21,25)(H,22,24). The molecule has 2 N–H and O–H groups in total. The predicted molar refractivity (Wildman–Crippen MR) is 105 cm³/mol. The van der Waals surface area contributed by atoms with E-state index < -0.39 is 0 Å². The fourth-order valence-corrected chi connectivity index (χ4v) is 4.22. The van der Waals surface area contributed by atoms with Gasteiger partial charge in [0.2, 0.25) is 5.91 Å². The highest BCUT2D eigenvalue weighted by Gasteiger charge is 2.18. The van der Waals surface area contributed by atoms with Gasteiger partial charge in [-0.15, -0.1) is 11.8 Å². The summed E-state index contributed by atoms with van der Waals surface area (Å²) >= 11 is 1.49. The first-order valence-electron chi connectivity index (χ1n) is 8.88. The van der Waals surface area contributed by atoms with Crippen molar-refractivity contribution in [3.8, 4) is 0 Å². The average Bonchev–Trinajstić information content (AvgIpc) is 3.20. The summed E-state index contributed by atoms with van der Waals surface area (Å²) in [5, 5.41) is 5.84. The van der Waals surface area contributed by atoms with Crippen molar-refractivity contribution < 1.29 is 9.59 Å². The van der Waals surface area contributed by atoms with Crippen LogP contribution in [0.25, 0.3) is 0 Å². The maximum atomic E-state index is 12.6. The number of thioether (sulfide) groups is 1. The monoisotopic (exact) mass is 367 g/mol. The first-order valence-corrected chi connectivity index (χ1v) is 9.87. The molecule has 2 aliphatic rings. The highest BCUT2D eigenvalue weighted by Crippen LogP contribution is 2.32. The first-order chi connectivity index (χ1) is 12.7. The van der Waals surface area contributed by atoms with E-state index >= 15 is 0 Å². The van der Waals surface area contributed by atoms with Crippen molar-refractivity contribution in [1.29, 1.82) is 0 Å². The maximum absolute atomic E-state index is 12.6. The highest BCUT2D eigenvalue weighted by atomic mass is 32.2. The topological polar surface area (TPSA) is 61.4 Å². The van der Waals surface area contributed by atoms with E-state index in [-0.39, 0.29) is 11.8 Å². The average molecular weight is 367 g/mol. The van der Waals surface area contributed by atoms with Crippen LogP contribution in [0.1, 0.15) is 28.8 Å². The molecule has 2 aliphatic heterocycles. The summed E-state index contributed by atoms with van der Waals surface area (Å²) in [5.41, 5.74) is 3.62. The van der Waals surface area contributed by atoms with Gasteiger partial charge in [-0.2, -0.15) is 0 Å². The third-order valence-corrected chi connectivity index (χ3v) is 5.83. The van der Waals surface area contributed by atoms with Crippen LogP contribution in [0.4, 0.5) is 11.4 Å². The van der Waals surface area contributed by atoms with E-state index in [2.05, 4.69) is 27.7 Å². The molecule has 5 nitrogen and oxygen atoms in total. The molecule has 0 radical (unpaired) electrons. The lowest BCUT2D eigenvalue weighted by atomic mass is 10.1. The Kier molecular flexibility index (Phi) is 4.84. The van der Waals surface area contributed by atoms with E-state index in [1.54, 1.807) is 6.07 Å². The van der Waals surface area contributed by atoms with Gasteiger partial charge in [-0.3, -0.25) is 9.59 Å². The number of anilines is 2. The molecular weight excluding hydrogens is 346 g/mol. The minimum absolute atomic E-state index is 0.0281. The SMILES string of the molecule is O=C1CSc2ccc(C(=O)NCc3ccccc3N3CCCC3)cc2N1. The van der Waals surface area contributed by atoms with Crippen molar-refractivity contribution >= 4 is 35.0 Å². The van der Waals surface area contributed by atoms with E-state index in [0.29, 0.717) is 17.9 Å². The molecule has 0 saturated carbocycles. The Morgan fingerprint density at radius 2 is 1.96 bits per heavy atom. The van der Waals surface area contributed by atoms with Crippen LogP contribution in [-0.2, 0) is 11.3 Å². The zero-order valence-electron chi connectivity index (χ0n) is 14.5. The van der Waals surface area contributed by atoms with Crippen molar-refractivity contribution in [2.75, 3.05) is 29.1 Å². The number of para-hydroxylation sites is 1. The summed E-state index contributed by atoms with van der Waals surface area (Å²) in [4.78, 5) is 27.5. The fraction of sp³-hybridized carbons (Fsp3) is 0.300. The summed E-state index contributed by atoms with van der Waals surface area (Å²) in [6.45, 7) is 2.64. The largest absolute Gasteiger partial charge is 0.371 e. The zero-order chi connectivity index (χ0) is 17.9. The fourth-order valence-electron chi connectivity index (χ4n) is 3.43. The Bertz CT molecular complexity index is 847. The van der Waals surface area contributed by atoms with Gasteiger partial charge in [-0.1, -0.05) is 18.2 Å². The molecule has 2 aromatic rings. The molecule has 1 fully saturated rings. The van der Waals surface area contributed by atoms with Crippen molar-refractivity contribution in [2.45, 2.75) is 24.3 Å². The van der Waals surface area contributed by atoms with Gasteiger partial charge in [-0.25, -0.2) is 0 Å². The van der Waals surface area contributed by atoms with Crippen molar-refractivity contribution in [2.24, 2.45) is 0 Å². The third-order valence-electron chi connectivity index (χ3n) is 4.75. The molecule has 2 amide bonds. The number of nitrogens with zero attached hydrogens (tertiary/aromatic N) is 1. The van der Waals surface area contributed by atoms with Crippen LogP contribution in [0.2, 0.25) is 0 Å². The second-order valence-corrected chi connectivity index (χ2v) is 7.57. The molecule has 0 bridgehead atoms. The van der Waals surface area contributed by atoms with Crippen LogP contribution in [0, 0.1) is 0 Å². The predicted octanol–water partition coefficient (Wildman–Crippen LogP) is 3.26. The third kappa shape index (κ3) is 3.55. The first kappa shape index (κ1) is 17.0. The molecule has 0 spiro atoms. The molecule has 134 valence electrons. The summed E-state index contributed by atoms with van der Waals surface area (Å²) in [6, 6.07) is 13.7. The second-order valence-electron chi connectivity index (χ2n) is 6.55. The number of amides is 2. The Morgan fingerprint density at radius 3 is 2.81 bits per heavy atom. The normalized spacial score (nSPS) is 16.2. The molecule has 6 heteroatoms. The molecule has 4 rings (SSSR count). The Hall–Kier alpha value is -2.47. The summed E-state index contributed by atoms with van der Waals surface area (Å²) in [7, 11) is 0. The maximum Gasteiger partial charge on any atom is 0.251 e. The smallest absolute Gasteiger partial charge is 0.251 e. The Balaban J connectivity index is 1.46. The highest BCUT2D eigenvalue weighted by molar-refractivity contribution is 8.00. The van der Waals surface area contributed by atoms with E-state index in [4.69, 9.17) is 0 Å². The minimum atomic E-state index is -0.131. The number of carbonyl (C=O) groups excluding carboxylic acids is 2. The molecule has 1 saturated heterocycles. The van der Waals surface area contributed by atoms with Gasteiger partial charge in [0.25, 0.3) is 5.91 Å². The van der Waals surface area contributed by atoms with Crippen molar-refractivity contribution in [3.05, 3.63) is 53.6 Å². The van der Waals surface area contributed by atoms with Gasteiger partial charge >= 0.3 is 0 Å². The number of rotatable bonds is 4. The van der Waals surface area contributed by atoms with Gasteiger partial charge in [-0.05, 0) is 42.7 Å². The van der Waals surface area contributed by atoms with Crippen LogP contribution in [0.5, 0.6) is 0 Å². The molecule has 2 aromatic carbocycles. The van der Waals surface area contributed by atoms with E-state index in [1.165, 1.54) is 30.3 Å². The molecule has 26 heavy (non-hydrogen) atoms. The van der Waals surface area contributed by atoms with Crippen LogP contribution < -0.4 is 15.5 Å². The van der Waals surface area contributed by atoms with Crippen LogP contribution in [0.3, 0.4) is 0 Å². The van der Waals surface area contributed by atoms with Gasteiger partial charge in [0, 0.05) is 35.8 Å². The summed E-state index contributed by atoms with van der Waals surface area (Å²) in [6.07, 6.45) is 2.44. The number of nitrogens with one attached hydrogen (secondary N) is 2. The van der Waals surface area contributed by atoms with Gasteiger partial charge in [0.15, 0.2) is 0 Å². The summed E-state index contributed by atoms with van der Waals surface area (Å²) in [5.74, 6) is 0.264. The van der Waals surface area contributed by atoms with Gasteiger partial charge in [0.05, 0.1) is 11.4 Å². The van der Waals surface area contributed by atoms with Gasteiger partial charge in [0.1, 0.15) is 0 Å². The number of benzene rings is 2.